The van der Waals surface area contributed by atoms with E-state index < -0.39 is 0 Å². The van der Waals surface area contributed by atoms with E-state index in [0.29, 0.717) is 23.5 Å². The summed E-state index contributed by atoms with van der Waals surface area (Å²) in [4.78, 5) is 28.0. The van der Waals surface area contributed by atoms with Crippen molar-refractivity contribution in [1.29, 1.82) is 0 Å². The van der Waals surface area contributed by atoms with Crippen LogP contribution in [0.5, 0.6) is 0 Å². The quantitative estimate of drug-likeness (QED) is 0.905. The van der Waals surface area contributed by atoms with Crippen molar-refractivity contribution in [3.8, 4) is 0 Å². The average molecular weight is 283 g/mol. The van der Waals surface area contributed by atoms with E-state index in [4.69, 9.17) is 0 Å². The summed E-state index contributed by atoms with van der Waals surface area (Å²) < 4.78 is 0. The zero-order valence-electron chi connectivity index (χ0n) is 12.0. The summed E-state index contributed by atoms with van der Waals surface area (Å²) in [5, 5.41) is 5.46. The van der Waals surface area contributed by atoms with E-state index in [9.17, 15) is 9.59 Å². The summed E-state index contributed by atoms with van der Waals surface area (Å²) in [6, 6.07) is 12.1. The van der Waals surface area contributed by atoms with Crippen LogP contribution in [0.3, 0.4) is 0 Å². The molecule has 5 nitrogen and oxygen atoms in total. The predicted octanol–water partition coefficient (Wildman–Crippen LogP) is 2.39. The third-order valence-electron chi connectivity index (χ3n) is 2.84. The van der Waals surface area contributed by atoms with Gasteiger partial charge in [0.25, 0.3) is 11.8 Å². The minimum Gasteiger partial charge on any atom is -0.352 e. The minimum atomic E-state index is -0.299. The van der Waals surface area contributed by atoms with Crippen molar-refractivity contribution in [3.63, 3.8) is 0 Å². The van der Waals surface area contributed by atoms with Crippen LogP contribution in [0.4, 0.5) is 5.69 Å². The fourth-order valence-electron chi connectivity index (χ4n) is 1.87. The second-order valence-corrected chi connectivity index (χ2v) is 4.56. The Bertz CT molecular complexity index is 668. The first-order valence-electron chi connectivity index (χ1n) is 6.73. The zero-order chi connectivity index (χ0) is 15.2. The Labute approximate surface area is 123 Å². The Morgan fingerprint density at radius 1 is 1.10 bits per heavy atom. The zero-order valence-corrected chi connectivity index (χ0v) is 12.0. The number of carbonyl (C=O) groups is 2. The molecular weight excluding hydrogens is 266 g/mol. The first kappa shape index (κ1) is 14.7. The summed E-state index contributed by atoms with van der Waals surface area (Å²) in [5.41, 5.74) is 2.19. The summed E-state index contributed by atoms with van der Waals surface area (Å²) in [6.45, 7) is 4.24. The molecule has 1 aromatic carbocycles. The first-order chi connectivity index (χ1) is 10.1. The molecule has 0 saturated carbocycles. The molecular formula is C16H17N3O2. The van der Waals surface area contributed by atoms with Gasteiger partial charge in [0.1, 0.15) is 5.69 Å². The SMILES string of the molecule is CCNC(=O)c1cccc(NC(=O)c2cccc(C)n2)c1. The molecule has 0 unspecified atom stereocenters. The number of benzene rings is 1. The predicted molar refractivity (Wildman–Crippen MR) is 81.4 cm³/mol. The molecule has 0 saturated heterocycles. The topological polar surface area (TPSA) is 71.1 Å². The number of pyridine rings is 1. The van der Waals surface area contributed by atoms with Crippen LogP contribution in [0.1, 0.15) is 33.5 Å². The Kier molecular flexibility index (Phi) is 4.66. The highest BCUT2D eigenvalue weighted by molar-refractivity contribution is 6.03. The van der Waals surface area contributed by atoms with Crippen LogP contribution in [0.25, 0.3) is 0 Å². The normalized spacial score (nSPS) is 10.0. The molecule has 1 heterocycles. The molecule has 0 aliphatic carbocycles. The van der Waals surface area contributed by atoms with E-state index in [2.05, 4.69) is 15.6 Å². The lowest BCUT2D eigenvalue weighted by Gasteiger charge is -2.07. The van der Waals surface area contributed by atoms with Gasteiger partial charge >= 0.3 is 0 Å². The molecule has 2 amide bonds. The molecule has 0 fully saturated rings. The third-order valence-corrected chi connectivity index (χ3v) is 2.84. The lowest BCUT2D eigenvalue weighted by Crippen LogP contribution is -2.22. The Hall–Kier alpha value is -2.69. The molecule has 2 aromatic rings. The standard InChI is InChI=1S/C16H17N3O2/c1-3-17-15(20)12-7-5-8-13(10-12)19-16(21)14-9-4-6-11(2)18-14/h4-10H,3H2,1-2H3,(H,17,20)(H,19,21). The number of anilines is 1. The smallest absolute Gasteiger partial charge is 0.274 e. The van der Waals surface area contributed by atoms with Gasteiger partial charge in [-0.05, 0) is 44.2 Å². The minimum absolute atomic E-state index is 0.165. The fraction of sp³-hybridized carbons (Fsp3) is 0.188. The van der Waals surface area contributed by atoms with Gasteiger partial charge in [-0.3, -0.25) is 9.59 Å². The number of hydrogen-bond acceptors (Lipinski definition) is 3. The van der Waals surface area contributed by atoms with Crippen LogP contribution >= 0.6 is 0 Å². The summed E-state index contributed by atoms with van der Waals surface area (Å²) in [5.74, 6) is -0.464. The number of nitrogens with zero attached hydrogens (tertiary/aromatic N) is 1. The van der Waals surface area contributed by atoms with Gasteiger partial charge in [-0.2, -0.15) is 0 Å². The van der Waals surface area contributed by atoms with Crippen molar-refractivity contribution in [1.82, 2.24) is 10.3 Å². The number of carbonyl (C=O) groups excluding carboxylic acids is 2. The molecule has 0 aliphatic rings. The van der Waals surface area contributed by atoms with Gasteiger partial charge in [-0.1, -0.05) is 12.1 Å². The van der Waals surface area contributed by atoms with Crippen molar-refractivity contribution in [2.45, 2.75) is 13.8 Å². The van der Waals surface area contributed by atoms with Crippen molar-refractivity contribution >= 4 is 17.5 Å². The van der Waals surface area contributed by atoms with Crippen LogP contribution in [0.15, 0.2) is 42.5 Å². The van der Waals surface area contributed by atoms with E-state index in [1.165, 1.54) is 0 Å². The van der Waals surface area contributed by atoms with E-state index in [-0.39, 0.29) is 11.8 Å². The van der Waals surface area contributed by atoms with Crippen molar-refractivity contribution in [2.24, 2.45) is 0 Å². The van der Waals surface area contributed by atoms with E-state index in [1.54, 1.807) is 36.4 Å². The molecule has 1 aromatic heterocycles. The number of rotatable bonds is 4. The number of hydrogen-bond donors (Lipinski definition) is 2. The molecule has 2 rings (SSSR count). The van der Waals surface area contributed by atoms with Crippen LogP contribution in [0, 0.1) is 6.92 Å². The van der Waals surface area contributed by atoms with Crippen molar-refractivity contribution in [2.75, 3.05) is 11.9 Å². The van der Waals surface area contributed by atoms with E-state index >= 15 is 0 Å². The molecule has 0 spiro atoms. The van der Waals surface area contributed by atoms with E-state index in [1.807, 2.05) is 19.9 Å². The molecule has 5 heteroatoms. The number of aromatic nitrogens is 1. The number of aryl methyl sites for hydroxylation is 1. The lowest BCUT2D eigenvalue weighted by molar-refractivity contribution is 0.0954. The van der Waals surface area contributed by atoms with Gasteiger partial charge in [0.05, 0.1) is 0 Å². The second kappa shape index (κ2) is 6.65. The summed E-state index contributed by atoms with van der Waals surface area (Å²) in [6.07, 6.45) is 0. The maximum Gasteiger partial charge on any atom is 0.274 e. The average Bonchev–Trinajstić information content (AvgIpc) is 2.48. The van der Waals surface area contributed by atoms with Gasteiger partial charge in [0.2, 0.25) is 0 Å². The highest BCUT2D eigenvalue weighted by atomic mass is 16.2. The Balaban J connectivity index is 2.14. The molecule has 0 radical (unpaired) electrons. The molecule has 0 atom stereocenters. The highest BCUT2D eigenvalue weighted by Crippen LogP contribution is 2.12. The third kappa shape index (κ3) is 3.89. The van der Waals surface area contributed by atoms with Crippen LogP contribution in [-0.4, -0.2) is 23.3 Å². The first-order valence-corrected chi connectivity index (χ1v) is 6.73. The highest BCUT2D eigenvalue weighted by Gasteiger charge is 2.09. The van der Waals surface area contributed by atoms with Crippen LogP contribution in [0.2, 0.25) is 0 Å². The maximum absolute atomic E-state index is 12.1. The van der Waals surface area contributed by atoms with Gasteiger partial charge in [-0.15, -0.1) is 0 Å². The van der Waals surface area contributed by atoms with Crippen LogP contribution < -0.4 is 10.6 Å². The number of amides is 2. The van der Waals surface area contributed by atoms with Crippen molar-refractivity contribution in [3.05, 3.63) is 59.4 Å². The molecule has 0 aliphatic heterocycles. The Morgan fingerprint density at radius 3 is 2.57 bits per heavy atom. The monoisotopic (exact) mass is 283 g/mol. The summed E-state index contributed by atoms with van der Waals surface area (Å²) in [7, 11) is 0. The largest absolute Gasteiger partial charge is 0.352 e. The molecule has 0 bridgehead atoms. The lowest BCUT2D eigenvalue weighted by atomic mass is 10.2. The fourth-order valence-corrected chi connectivity index (χ4v) is 1.87. The Morgan fingerprint density at radius 2 is 1.86 bits per heavy atom. The second-order valence-electron chi connectivity index (χ2n) is 4.56. The van der Waals surface area contributed by atoms with Gasteiger partial charge in [-0.25, -0.2) is 4.98 Å². The molecule has 108 valence electrons. The van der Waals surface area contributed by atoms with Gasteiger partial charge in [0.15, 0.2) is 0 Å². The maximum atomic E-state index is 12.1. The van der Waals surface area contributed by atoms with Crippen molar-refractivity contribution < 1.29 is 9.59 Å². The van der Waals surface area contributed by atoms with Crippen LogP contribution in [-0.2, 0) is 0 Å². The van der Waals surface area contributed by atoms with Gasteiger partial charge < -0.3 is 10.6 Å². The molecule has 2 N–H and O–H groups in total. The summed E-state index contributed by atoms with van der Waals surface area (Å²) >= 11 is 0. The van der Waals surface area contributed by atoms with Gasteiger partial charge in [0, 0.05) is 23.5 Å². The molecule has 21 heavy (non-hydrogen) atoms. The van der Waals surface area contributed by atoms with E-state index in [0.717, 1.165) is 5.69 Å². The number of nitrogens with one attached hydrogen (secondary N) is 2.